The molecule has 1 unspecified atom stereocenters. The van der Waals surface area contributed by atoms with Crippen LogP contribution in [0.25, 0.3) is 0 Å². The zero-order valence-corrected chi connectivity index (χ0v) is 15.1. The maximum absolute atomic E-state index is 2.68. The van der Waals surface area contributed by atoms with Crippen LogP contribution in [0.4, 0.5) is 0 Å². The van der Waals surface area contributed by atoms with Crippen LogP contribution in [0.3, 0.4) is 0 Å². The van der Waals surface area contributed by atoms with Gasteiger partial charge in [0.2, 0.25) is 0 Å². The van der Waals surface area contributed by atoms with E-state index in [0.717, 1.165) is 17.8 Å². The topological polar surface area (TPSA) is 0 Å². The maximum Gasteiger partial charge on any atom is 0.00136 e. The molecule has 1 heteroatoms. The molecular formula is C19H27I. The summed E-state index contributed by atoms with van der Waals surface area (Å²) in [6, 6.07) is 0. The largest absolute Gasteiger partial charge is 0.0845 e. The zero-order chi connectivity index (χ0) is 14.0. The van der Waals surface area contributed by atoms with Gasteiger partial charge in [-0.25, -0.2) is 0 Å². The second-order valence-electron chi connectivity index (χ2n) is 8.21. The van der Waals surface area contributed by atoms with Crippen LogP contribution in [0.1, 0.15) is 65.2 Å². The highest BCUT2D eigenvalue weighted by molar-refractivity contribution is 14.1. The lowest BCUT2D eigenvalue weighted by Crippen LogP contribution is -2.48. The first-order valence-electron chi connectivity index (χ1n) is 8.61. The van der Waals surface area contributed by atoms with Gasteiger partial charge in [-0.1, -0.05) is 38.0 Å². The minimum Gasteiger partial charge on any atom is -0.0845 e. The summed E-state index contributed by atoms with van der Waals surface area (Å²) < 4.78 is 1.67. The molecule has 4 aliphatic carbocycles. The van der Waals surface area contributed by atoms with Crippen molar-refractivity contribution in [2.24, 2.45) is 28.6 Å². The molecule has 0 aliphatic heterocycles. The van der Waals surface area contributed by atoms with Crippen molar-refractivity contribution in [3.05, 3.63) is 21.3 Å². The lowest BCUT2D eigenvalue weighted by Gasteiger charge is -2.57. The molecule has 2 fully saturated rings. The lowest BCUT2D eigenvalue weighted by molar-refractivity contribution is -0.0135. The molecule has 0 aromatic rings. The van der Waals surface area contributed by atoms with Crippen molar-refractivity contribution < 1.29 is 0 Å². The van der Waals surface area contributed by atoms with E-state index < -0.39 is 0 Å². The van der Waals surface area contributed by atoms with Crippen LogP contribution in [0, 0.1) is 28.6 Å². The molecule has 4 rings (SSSR count). The zero-order valence-electron chi connectivity index (χ0n) is 12.9. The van der Waals surface area contributed by atoms with E-state index in [0.29, 0.717) is 10.8 Å². The molecular weight excluding hydrogens is 355 g/mol. The minimum atomic E-state index is 0.526. The SMILES string of the molecule is C[C@]12CCCCC1=CC[C@@H]1C2CC[C@]2(C)C(I)=CC[C@@H]12. The molecule has 20 heavy (non-hydrogen) atoms. The second-order valence-corrected chi connectivity index (χ2v) is 9.37. The van der Waals surface area contributed by atoms with Crippen molar-refractivity contribution in [2.75, 3.05) is 0 Å². The molecule has 0 amide bonds. The van der Waals surface area contributed by atoms with Crippen LogP contribution < -0.4 is 0 Å². The molecule has 0 saturated heterocycles. The minimum absolute atomic E-state index is 0.526. The predicted molar refractivity (Wildman–Crippen MR) is 93.8 cm³/mol. The summed E-state index contributed by atoms with van der Waals surface area (Å²) in [6.45, 7) is 5.17. The molecule has 0 spiro atoms. The van der Waals surface area contributed by atoms with E-state index in [4.69, 9.17) is 0 Å². The maximum atomic E-state index is 2.68. The molecule has 4 aliphatic rings. The molecule has 5 atom stereocenters. The average molecular weight is 382 g/mol. The van der Waals surface area contributed by atoms with Crippen molar-refractivity contribution in [3.8, 4) is 0 Å². The quantitative estimate of drug-likeness (QED) is 0.342. The third-order valence-electron chi connectivity index (χ3n) is 7.50. The molecule has 0 radical (unpaired) electrons. The fourth-order valence-electron chi connectivity index (χ4n) is 6.21. The number of rotatable bonds is 0. The third-order valence-corrected chi connectivity index (χ3v) is 9.18. The number of hydrogen-bond donors (Lipinski definition) is 0. The fraction of sp³-hybridized carbons (Fsp3) is 0.789. The van der Waals surface area contributed by atoms with E-state index in [9.17, 15) is 0 Å². The van der Waals surface area contributed by atoms with Gasteiger partial charge in [0, 0.05) is 5.41 Å². The Morgan fingerprint density at radius 1 is 1.00 bits per heavy atom. The summed E-state index contributed by atoms with van der Waals surface area (Å²) in [5, 5.41) is 0. The standard InChI is InChI=1S/C19H27I/c1-18-11-4-3-5-13(18)6-7-14-15-8-9-17(20)19(15,2)12-10-16(14)18/h6,9,14-16H,3-5,7-8,10-12H2,1-2H3/t14-,15-,16?,18-,19-/m0/s1. The van der Waals surface area contributed by atoms with Gasteiger partial charge >= 0.3 is 0 Å². The van der Waals surface area contributed by atoms with Crippen LogP contribution in [0.5, 0.6) is 0 Å². The van der Waals surface area contributed by atoms with Gasteiger partial charge in [-0.15, -0.1) is 0 Å². The van der Waals surface area contributed by atoms with Crippen LogP contribution in [-0.2, 0) is 0 Å². The number of hydrogen-bond acceptors (Lipinski definition) is 0. The predicted octanol–water partition coefficient (Wildman–Crippen LogP) is 6.27. The summed E-state index contributed by atoms with van der Waals surface area (Å²) in [4.78, 5) is 0. The molecule has 0 bridgehead atoms. The first-order valence-corrected chi connectivity index (χ1v) is 9.69. The van der Waals surface area contributed by atoms with Gasteiger partial charge in [-0.05, 0) is 94.3 Å². The highest BCUT2D eigenvalue weighted by atomic mass is 127. The Bertz CT molecular complexity index is 488. The highest BCUT2D eigenvalue weighted by Crippen LogP contribution is 2.65. The molecule has 110 valence electrons. The molecule has 0 nitrogen and oxygen atoms in total. The lowest BCUT2D eigenvalue weighted by atomic mass is 9.48. The van der Waals surface area contributed by atoms with E-state index in [2.05, 4.69) is 48.6 Å². The van der Waals surface area contributed by atoms with E-state index >= 15 is 0 Å². The van der Waals surface area contributed by atoms with Crippen LogP contribution in [0.15, 0.2) is 21.3 Å². The second kappa shape index (κ2) is 4.60. The first kappa shape index (κ1) is 13.8. The van der Waals surface area contributed by atoms with Crippen LogP contribution in [0.2, 0.25) is 0 Å². The Morgan fingerprint density at radius 3 is 2.70 bits per heavy atom. The van der Waals surface area contributed by atoms with Crippen molar-refractivity contribution >= 4 is 22.6 Å². The Labute approximate surface area is 137 Å². The number of fused-ring (bicyclic) bond motifs is 5. The first-order chi connectivity index (χ1) is 9.56. The summed E-state index contributed by atoms with van der Waals surface area (Å²) in [5.74, 6) is 2.88. The number of allylic oxidation sites excluding steroid dienone is 4. The summed E-state index contributed by atoms with van der Waals surface area (Å²) in [7, 11) is 0. The van der Waals surface area contributed by atoms with Gasteiger partial charge in [0.1, 0.15) is 0 Å². The molecule has 0 aromatic carbocycles. The van der Waals surface area contributed by atoms with E-state index in [1.165, 1.54) is 51.4 Å². The highest BCUT2D eigenvalue weighted by Gasteiger charge is 2.55. The van der Waals surface area contributed by atoms with E-state index in [1.807, 2.05) is 5.57 Å². The van der Waals surface area contributed by atoms with Crippen molar-refractivity contribution in [3.63, 3.8) is 0 Å². The molecule has 0 aromatic heterocycles. The summed E-state index contributed by atoms with van der Waals surface area (Å²) in [6.07, 6.45) is 16.7. The third kappa shape index (κ3) is 1.71. The average Bonchev–Trinajstić information content (AvgIpc) is 2.74. The molecule has 0 N–H and O–H groups in total. The number of halogens is 1. The van der Waals surface area contributed by atoms with E-state index in [1.54, 1.807) is 3.58 Å². The van der Waals surface area contributed by atoms with Crippen molar-refractivity contribution in [2.45, 2.75) is 65.2 Å². The van der Waals surface area contributed by atoms with Crippen molar-refractivity contribution in [1.29, 1.82) is 0 Å². The van der Waals surface area contributed by atoms with Gasteiger partial charge < -0.3 is 0 Å². The van der Waals surface area contributed by atoms with Gasteiger partial charge in [-0.3, -0.25) is 0 Å². The summed E-state index contributed by atoms with van der Waals surface area (Å²) >= 11 is 2.63. The van der Waals surface area contributed by atoms with E-state index in [-0.39, 0.29) is 0 Å². The van der Waals surface area contributed by atoms with Crippen LogP contribution in [-0.4, -0.2) is 0 Å². The summed E-state index contributed by atoms with van der Waals surface area (Å²) in [5.41, 5.74) is 2.93. The monoisotopic (exact) mass is 382 g/mol. The molecule has 2 saturated carbocycles. The van der Waals surface area contributed by atoms with Gasteiger partial charge in [0.15, 0.2) is 0 Å². The van der Waals surface area contributed by atoms with Gasteiger partial charge in [0.05, 0.1) is 0 Å². The van der Waals surface area contributed by atoms with Crippen LogP contribution >= 0.6 is 22.6 Å². The Kier molecular flexibility index (Phi) is 3.18. The Morgan fingerprint density at radius 2 is 1.85 bits per heavy atom. The van der Waals surface area contributed by atoms with Gasteiger partial charge in [-0.2, -0.15) is 0 Å². The molecule has 0 heterocycles. The Balaban J connectivity index is 1.70. The smallest absolute Gasteiger partial charge is 0.00136 e. The normalized spacial score (nSPS) is 50.6. The van der Waals surface area contributed by atoms with Gasteiger partial charge in [0.25, 0.3) is 0 Å². The van der Waals surface area contributed by atoms with Crippen molar-refractivity contribution in [1.82, 2.24) is 0 Å². The fourth-order valence-corrected chi connectivity index (χ4v) is 7.14. The Hall–Kier alpha value is 0.210.